The molecule has 0 atom stereocenters. The fourth-order valence-corrected chi connectivity index (χ4v) is 1.77. The molecule has 94 valence electrons. The summed E-state index contributed by atoms with van der Waals surface area (Å²) in [6.45, 7) is 10.4. The molecular formula is C14H20BrNO. The minimum Gasteiger partial charge on any atom is -0.489 e. The van der Waals surface area contributed by atoms with Crippen molar-refractivity contribution in [2.24, 2.45) is 0 Å². The first-order valence-corrected chi connectivity index (χ1v) is 6.69. The molecule has 0 heterocycles. The zero-order chi connectivity index (χ0) is 12.7. The van der Waals surface area contributed by atoms with Crippen molar-refractivity contribution >= 4 is 15.9 Å². The molecule has 2 nitrogen and oxygen atoms in total. The molecule has 0 aliphatic heterocycles. The van der Waals surface area contributed by atoms with E-state index in [2.05, 4.69) is 40.8 Å². The zero-order valence-corrected chi connectivity index (χ0v) is 12.1. The fourth-order valence-electron chi connectivity index (χ4n) is 1.38. The smallest absolute Gasteiger partial charge is 0.120 e. The summed E-state index contributed by atoms with van der Waals surface area (Å²) < 4.78 is 6.74. The lowest BCUT2D eigenvalue weighted by Gasteiger charge is -2.10. The van der Waals surface area contributed by atoms with Gasteiger partial charge in [-0.05, 0) is 49.2 Å². The van der Waals surface area contributed by atoms with E-state index in [0.29, 0.717) is 6.61 Å². The van der Waals surface area contributed by atoms with Gasteiger partial charge >= 0.3 is 0 Å². The summed E-state index contributed by atoms with van der Waals surface area (Å²) >= 11 is 3.55. The van der Waals surface area contributed by atoms with Crippen LogP contribution in [0.15, 0.2) is 34.8 Å². The van der Waals surface area contributed by atoms with Crippen LogP contribution in [0.3, 0.4) is 0 Å². The van der Waals surface area contributed by atoms with Crippen molar-refractivity contribution in [3.05, 3.63) is 40.4 Å². The lowest BCUT2D eigenvalue weighted by atomic mass is 10.2. The van der Waals surface area contributed by atoms with Crippen LogP contribution in [0.1, 0.15) is 25.8 Å². The molecule has 1 N–H and O–H groups in total. The van der Waals surface area contributed by atoms with Gasteiger partial charge in [-0.25, -0.2) is 0 Å². The summed E-state index contributed by atoms with van der Waals surface area (Å²) in [7, 11) is 0. The van der Waals surface area contributed by atoms with E-state index < -0.39 is 0 Å². The molecule has 0 amide bonds. The third-order valence-corrected chi connectivity index (χ3v) is 3.02. The van der Waals surface area contributed by atoms with Gasteiger partial charge < -0.3 is 10.1 Å². The number of ether oxygens (including phenoxy) is 1. The Hall–Kier alpha value is -0.800. The quantitative estimate of drug-likeness (QED) is 0.609. The Bertz CT molecular complexity index is 376. The van der Waals surface area contributed by atoms with Crippen LogP contribution in [-0.4, -0.2) is 13.2 Å². The summed E-state index contributed by atoms with van der Waals surface area (Å²) in [6.07, 6.45) is 1.14. The normalized spacial score (nSPS) is 10.3. The van der Waals surface area contributed by atoms with E-state index in [1.54, 1.807) is 0 Å². The average molecular weight is 298 g/mol. The molecule has 0 aliphatic rings. The Morgan fingerprint density at radius 3 is 2.88 bits per heavy atom. The predicted octanol–water partition coefficient (Wildman–Crippen LogP) is 3.90. The highest BCUT2D eigenvalue weighted by Gasteiger charge is 2.02. The van der Waals surface area contributed by atoms with Crippen molar-refractivity contribution < 1.29 is 4.74 Å². The monoisotopic (exact) mass is 297 g/mol. The van der Waals surface area contributed by atoms with Gasteiger partial charge in [0.15, 0.2) is 0 Å². The molecule has 1 rings (SSSR count). The molecule has 0 aliphatic carbocycles. The predicted molar refractivity (Wildman–Crippen MR) is 76.4 cm³/mol. The van der Waals surface area contributed by atoms with Gasteiger partial charge in [-0.15, -0.1) is 0 Å². The van der Waals surface area contributed by atoms with Crippen LogP contribution in [0.2, 0.25) is 0 Å². The highest BCUT2D eigenvalue weighted by molar-refractivity contribution is 9.10. The van der Waals surface area contributed by atoms with E-state index in [0.717, 1.165) is 35.3 Å². The molecule has 0 saturated carbocycles. The molecule has 0 unspecified atom stereocenters. The van der Waals surface area contributed by atoms with E-state index in [4.69, 9.17) is 4.74 Å². The van der Waals surface area contributed by atoms with Crippen LogP contribution in [0.25, 0.3) is 0 Å². The highest BCUT2D eigenvalue weighted by Crippen LogP contribution is 2.22. The molecule has 0 radical (unpaired) electrons. The first-order chi connectivity index (χ1) is 8.13. The van der Waals surface area contributed by atoms with E-state index >= 15 is 0 Å². The summed E-state index contributed by atoms with van der Waals surface area (Å²) in [5.74, 6) is 0.893. The van der Waals surface area contributed by atoms with Crippen molar-refractivity contribution in [1.82, 2.24) is 5.32 Å². The van der Waals surface area contributed by atoms with Crippen LogP contribution in [-0.2, 0) is 6.54 Å². The third-order valence-electron chi connectivity index (χ3n) is 2.24. The van der Waals surface area contributed by atoms with Gasteiger partial charge in [0.25, 0.3) is 0 Å². The number of nitrogens with one attached hydrogen (secondary N) is 1. The number of rotatable bonds is 7. The minimum absolute atomic E-state index is 0.573. The Morgan fingerprint density at radius 1 is 1.47 bits per heavy atom. The van der Waals surface area contributed by atoms with Gasteiger partial charge in [-0.2, -0.15) is 0 Å². The summed E-state index contributed by atoms with van der Waals surface area (Å²) in [4.78, 5) is 0. The van der Waals surface area contributed by atoms with Crippen molar-refractivity contribution in [3.63, 3.8) is 0 Å². The number of halogens is 1. The summed E-state index contributed by atoms with van der Waals surface area (Å²) in [5, 5.41) is 3.38. The molecule has 17 heavy (non-hydrogen) atoms. The Kier molecular flexibility index (Phi) is 6.30. The molecule has 1 aromatic carbocycles. The molecule has 1 aromatic rings. The number of hydrogen-bond donors (Lipinski definition) is 1. The number of benzene rings is 1. The molecular weight excluding hydrogens is 278 g/mol. The second-order valence-electron chi connectivity index (χ2n) is 4.18. The van der Waals surface area contributed by atoms with Crippen molar-refractivity contribution in [2.45, 2.75) is 26.8 Å². The van der Waals surface area contributed by atoms with Crippen molar-refractivity contribution in [3.8, 4) is 5.75 Å². The highest BCUT2D eigenvalue weighted by atomic mass is 79.9. The second-order valence-corrected chi connectivity index (χ2v) is 5.03. The van der Waals surface area contributed by atoms with Crippen LogP contribution in [0.4, 0.5) is 0 Å². The zero-order valence-electron chi connectivity index (χ0n) is 10.6. The minimum atomic E-state index is 0.573. The molecule has 0 fully saturated rings. The van der Waals surface area contributed by atoms with Crippen molar-refractivity contribution in [1.29, 1.82) is 0 Å². The molecule has 3 heteroatoms. The maximum absolute atomic E-state index is 5.62. The van der Waals surface area contributed by atoms with Gasteiger partial charge in [0, 0.05) is 11.0 Å². The van der Waals surface area contributed by atoms with Gasteiger partial charge in [-0.3, -0.25) is 0 Å². The summed E-state index contributed by atoms with van der Waals surface area (Å²) in [5.41, 5.74) is 2.25. The maximum Gasteiger partial charge on any atom is 0.120 e. The molecule has 0 aromatic heterocycles. The van der Waals surface area contributed by atoms with Crippen molar-refractivity contribution in [2.75, 3.05) is 13.2 Å². The number of hydrogen-bond acceptors (Lipinski definition) is 2. The molecule has 0 saturated heterocycles. The lowest BCUT2D eigenvalue weighted by Crippen LogP contribution is -2.14. The standard InChI is InChI=1S/C14H20BrNO/c1-4-7-16-9-12-8-13(5-6-14(12)15)17-10-11(2)3/h5-6,8,16H,2,4,7,9-10H2,1,3H3. The molecule has 0 bridgehead atoms. The Balaban J connectivity index is 2.62. The average Bonchev–Trinajstić information content (AvgIpc) is 2.30. The SMILES string of the molecule is C=C(C)COc1ccc(Br)c(CNCCC)c1. The summed E-state index contributed by atoms with van der Waals surface area (Å²) in [6, 6.07) is 6.06. The third kappa shape index (κ3) is 5.37. The van der Waals surface area contributed by atoms with Crippen LogP contribution < -0.4 is 10.1 Å². The Labute approximate surface area is 112 Å². The van der Waals surface area contributed by atoms with Gasteiger partial charge in [0.2, 0.25) is 0 Å². The van der Waals surface area contributed by atoms with E-state index in [1.165, 1.54) is 5.56 Å². The fraction of sp³-hybridized carbons (Fsp3) is 0.429. The first kappa shape index (κ1) is 14.3. The molecule has 0 spiro atoms. The van der Waals surface area contributed by atoms with E-state index in [1.807, 2.05) is 19.1 Å². The lowest BCUT2D eigenvalue weighted by molar-refractivity contribution is 0.352. The topological polar surface area (TPSA) is 21.3 Å². The van der Waals surface area contributed by atoms with Crippen LogP contribution >= 0.6 is 15.9 Å². The van der Waals surface area contributed by atoms with Gasteiger partial charge in [0.1, 0.15) is 12.4 Å². The van der Waals surface area contributed by atoms with Crippen LogP contribution in [0, 0.1) is 0 Å². The van der Waals surface area contributed by atoms with Gasteiger partial charge in [-0.1, -0.05) is 29.4 Å². The van der Waals surface area contributed by atoms with E-state index in [9.17, 15) is 0 Å². The second kappa shape index (κ2) is 7.51. The van der Waals surface area contributed by atoms with Gasteiger partial charge in [0.05, 0.1) is 0 Å². The maximum atomic E-state index is 5.62. The van der Waals surface area contributed by atoms with E-state index in [-0.39, 0.29) is 0 Å². The van der Waals surface area contributed by atoms with Crippen LogP contribution in [0.5, 0.6) is 5.75 Å². The first-order valence-electron chi connectivity index (χ1n) is 5.89. The largest absolute Gasteiger partial charge is 0.489 e. The Morgan fingerprint density at radius 2 is 2.24 bits per heavy atom.